The zero-order valence-corrected chi connectivity index (χ0v) is 14.6. The number of nitriles is 1. The molecule has 6 heteroatoms. The second kappa shape index (κ2) is 7.99. The average molecular weight is 345 g/mol. The number of nitrogens with one attached hydrogen (secondary N) is 2. The second-order valence-electron chi connectivity index (χ2n) is 5.92. The number of rotatable bonds is 6. The SMILES string of the molecule is CC(C)Oc1ccc(Nc2cc(Nc3cccc(C#N)c3)ncn2)cc1. The van der Waals surface area contributed by atoms with Gasteiger partial charge in [-0.1, -0.05) is 6.07 Å². The molecular weight excluding hydrogens is 326 g/mol. The predicted octanol–water partition coefficient (Wildman–Crippen LogP) is 4.62. The van der Waals surface area contributed by atoms with Crippen LogP contribution in [-0.4, -0.2) is 16.1 Å². The van der Waals surface area contributed by atoms with Crippen molar-refractivity contribution in [1.82, 2.24) is 9.97 Å². The number of hydrogen-bond donors (Lipinski definition) is 2. The van der Waals surface area contributed by atoms with Crippen LogP contribution in [0.5, 0.6) is 5.75 Å². The Kier molecular flexibility index (Phi) is 5.30. The normalized spacial score (nSPS) is 10.2. The number of nitrogens with zero attached hydrogens (tertiary/aromatic N) is 3. The molecule has 26 heavy (non-hydrogen) atoms. The molecule has 0 radical (unpaired) electrons. The standard InChI is InChI=1S/C20H19N5O/c1-14(2)26-18-8-6-16(7-9-18)24-19-11-20(23-13-22-19)25-17-5-3-4-15(10-17)12-21/h3-11,13-14H,1-2H3,(H2,22,23,24,25). The van der Waals surface area contributed by atoms with Gasteiger partial charge in [0.2, 0.25) is 0 Å². The number of benzene rings is 2. The average Bonchev–Trinajstić information content (AvgIpc) is 2.63. The second-order valence-corrected chi connectivity index (χ2v) is 5.92. The molecule has 0 spiro atoms. The third-order valence-electron chi connectivity index (χ3n) is 3.43. The summed E-state index contributed by atoms with van der Waals surface area (Å²) in [5.74, 6) is 2.13. The summed E-state index contributed by atoms with van der Waals surface area (Å²) < 4.78 is 5.64. The molecule has 0 aliphatic rings. The van der Waals surface area contributed by atoms with Crippen LogP contribution >= 0.6 is 0 Å². The van der Waals surface area contributed by atoms with Crippen LogP contribution in [0.15, 0.2) is 60.9 Å². The lowest BCUT2D eigenvalue weighted by Crippen LogP contribution is -2.05. The fraction of sp³-hybridized carbons (Fsp3) is 0.150. The smallest absolute Gasteiger partial charge is 0.135 e. The first-order chi connectivity index (χ1) is 12.6. The van der Waals surface area contributed by atoms with Crippen molar-refractivity contribution in [2.75, 3.05) is 10.6 Å². The van der Waals surface area contributed by atoms with Gasteiger partial charge in [0.1, 0.15) is 23.7 Å². The molecule has 0 aliphatic heterocycles. The lowest BCUT2D eigenvalue weighted by atomic mass is 10.2. The Morgan fingerprint density at radius 3 is 2.27 bits per heavy atom. The molecule has 0 aliphatic carbocycles. The summed E-state index contributed by atoms with van der Waals surface area (Å²) in [7, 11) is 0. The van der Waals surface area contributed by atoms with Gasteiger partial charge in [-0.15, -0.1) is 0 Å². The van der Waals surface area contributed by atoms with Crippen molar-refractivity contribution in [1.29, 1.82) is 5.26 Å². The van der Waals surface area contributed by atoms with Gasteiger partial charge in [0.25, 0.3) is 0 Å². The van der Waals surface area contributed by atoms with Crippen molar-refractivity contribution in [3.05, 3.63) is 66.5 Å². The van der Waals surface area contributed by atoms with Crippen LogP contribution in [-0.2, 0) is 0 Å². The van der Waals surface area contributed by atoms with Crippen LogP contribution in [0.1, 0.15) is 19.4 Å². The zero-order chi connectivity index (χ0) is 18.4. The highest BCUT2D eigenvalue weighted by molar-refractivity contribution is 5.64. The first-order valence-corrected chi connectivity index (χ1v) is 8.25. The topological polar surface area (TPSA) is 82.9 Å². The van der Waals surface area contributed by atoms with E-state index < -0.39 is 0 Å². The molecule has 0 bridgehead atoms. The van der Waals surface area contributed by atoms with Gasteiger partial charge in [0.15, 0.2) is 0 Å². The molecule has 0 unspecified atom stereocenters. The van der Waals surface area contributed by atoms with Crippen LogP contribution < -0.4 is 15.4 Å². The first-order valence-electron chi connectivity index (χ1n) is 8.25. The Bertz CT molecular complexity index is 916. The van der Waals surface area contributed by atoms with Gasteiger partial charge >= 0.3 is 0 Å². The number of aromatic nitrogens is 2. The van der Waals surface area contributed by atoms with E-state index >= 15 is 0 Å². The highest BCUT2D eigenvalue weighted by Gasteiger charge is 2.03. The lowest BCUT2D eigenvalue weighted by molar-refractivity contribution is 0.242. The highest BCUT2D eigenvalue weighted by atomic mass is 16.5. The molecule has 0 fully saturated rings. The van der Waals surface area contributed by atoms with Crippen LogP contribution in [0.25, 0.3) is 0 Å². The maximum atomic E-state index is 8.98. The van der Waals surface area contributed by atoms with Crippen molar-refractivity contribution in [2.45, 2.75) is 20.0 Å². The fourth-order valence-corrected chi connectivity index (χ4v) is 2.35. The molecule has 130 valence electrons. The number of anilines is 4. The van der Waals surface area contributed by atoms with Gasteiger partial charge in [0, 0.05) is 17.4 Å². The van der Waals surface area contributed by atoms with Gasteiger partial charge in [-0.05, 0) is 56.3 Å². The third kappa shape index (κ3) is 4.71. The summed E-state index contributed by atoms with van der Waals surface area (Å²) in [5.41, 5.74) is 2.28. The molecule has 1 aromatic heterocycles. The molecule has 2 N–H and O–H groups in total. The Labute approximate surface area is 152 Å². The largest absolute Gasteiger partial charge is 0.491 e. The van der Waals surface area contributed by atoms with E-state index in [1.165, 1.54) is 6.33 Å². The highest BCUT2D eigenvalue weighted by Crippen LogP contribution is 2.22. The van der Waals surface area contributed by atoms with Crippen molar-refractivity contribution < 1.29 is 4.74 Å². The third-order valence-corrected chi connectivity index (χ3v) is 3.43. The number of ether oxygens (including phenoxy) is 1. The van der Waals surface area contributed by atoms with Gasteiger partial charge in [-0.25, -0.2) is 9.97 Å². The van der Waals surface area contributed by atoms with E-state index in [9.17, 15) is 0 Å². The minimum atomic E-state index is 0.142. The molecule has 3 rings (SSSR count). The van der Waals surface area contributed by atoms with Crippen molar-refractivity contribution in [3.63, 3.8) is 0 Å². The van der Waals surface area contributed by atoms with Crippen LogP contribution in [0.3, 0.4) is 0 Å². The Morgan fingerprint density at radius 2 is 1.62 bits per heavy atom. The van der Waals surface area contributed by atoms with E-state index in [1.54, 1.807) is 18.2 Å². The zero-order valence-electron chi connectivity index (χ0n) is 14.6. The summed E-state index contributed by atoms with van der Waals surface area (Å²) >= 11 is 0. The Hall–Kier alpha value is -3.59. The molecule has 1 heterocycles. The minimum Gasteiger partial charge on any atom is -0.491 e. The number of hydrogen-bond acceptors (Lipinski definition) is 6. The van der Waals surface area contributed by atoms with E-state index in [1.807, 2.05) is 50.2 Å². The van der Waals surface area contributed by atoms with Crippen molar-refractivity contribution in [3.8, 4) is 11.8 Å². The van der Waals surface area contributed by atoms with Crippen molar-refractivity contribution in [2.24, 2.45) is 0 Å². The van der Waals surface area contributed by atoms with Gasteiger partial charge in [-0.3, -0.25) is 0 Å². The van der Waals surface area contributed by atoms with Gasteiger partial charge in [0.05, 0.1) is 17.7 Å². The molecule has 6 nitrogen and oxygen atoms in total. The molecule has 2 aromatic carbocycles. The maximum absolute atomic E-state index is 8.98. The summed E-state index contributed by atoms with van der Waals surface area (Å²) in [6.45, 7) is 3.99. The monoisotopic (exact) mass is 345 g/mol. The summed E-state index contributed by atoms with van der Waals surface area (Å²) in [6.07, 6.45) is 1.62. The molecule has 0 saturated carbocycles. The van der Waals surface area contributed by atoms with E-state index in [0.29, 0.717) is 17.2 Å². The first kappa shape index (κ1) is 17.2. The van der Waals surface area contributed by atoms with E-state index in [2.05, 4.69) is 26.7 Å². The Morgan fingerprint density at radius 1 is 0.923 bits per heavy atom. The predicted molar refractivity (Wildman–Crippen MR) is 102 cm³/mol. The van der Waals surface area contributed by atoms with E-state index in [0.717, 1.165) is 17.1 Å². The summed E-state index contributed by atoms with van der Waals surface area (Å²) in [4.78, 5) is 8.45. The maximum Gasteiger partial charge on any atom is 0.135 e. The van der Waals surface area contributed by atoms with E-state index in [-0.39, 0.29) is 6.10 Å². The fourth-order valence-electron chi connectivity index (χ4n) is 2.35. The molecule has 3 aromatic rings. The quantitative estimate of drug-likeness (QED) is 0.678. The molecule has 0 amide bonds. The molecular formula is C20H19N5O. The molecule has 0 saturated heterocycles. The lowest BCUT2D eigenvalue weighted by Gasteiger charge is -2.11. The van der Waals surface area contributed by atoms with Crippen LogP contribution in [0.4, 0.5) is 23.0 Å². The summed E-state index contributed by atoms with van der Waals surface area (Å²) in [6, 6.07) is 18.8. The van der Waals surface area contributed by atoms with Gasteiger partial charge < -0.3 is 15.4 Å². The Balaban J connectivity index is 1.70. The molecule has 0 atom stereocenters. The van der Waals surface area contributed by atoms with Crippen LogP contribution in [0, 0.1) is 11.3 Å². The van der Waals surface area contributed by atoms with E-state index in [4.69, 9.17) is 10.00 Å². The van der Waals surface area contributed by atoms with Gasteiger partial charge in [-0.2, -0.15) is 5.26 Å². The van der Waals surface area contributed by atoms with Crippen LogP contribution in [0.2, 0.25) is 0 Å². The minimum absolute atomic E-state index is 0.142. The van der Waals surface area contributed by atoms with Crippen molar-refractivity contribution >= 4 is 23.0 Å². The summed E-state index contributed by atoms with van der Waals surface area (Å²) in [5, 5.41) is 15.4.